The van der Waals surface area contributed by atoms with Crippen LogP contribution in [0, 0.1) is 0 Å². The summed E-state index contributed by atoms with van der Waals surface area (Å²) in [5, 5.41) is 0. The molecule has 27 heavy (non-hydrogen) atoms. The van der Waals surface area contributed by atoms with Crippen molar-refractivity contribution in [2.45, 2.75) is 6.42 Å². The molecular formula is C20H24N2O4S. The zero-order valence-electron chi connectivity index (χ0n) is 15.2. The first-order valence-corrected chi connectivity index (χ1v) is 10.9. The van der Waals surface area contributed by atoms with Gasteiger partial charge in [0.25, 0.3) is 0 Å². The van der Waals surface area contributed by atoms with Crippen molar-refractivity contribution in [2.24, 2.45) is 0 Å². The minimum atomic E-state index is -3.24. The van der Waals surface area contributed by atoms with Crippen LogP contribution in [-0.2, 0) is 16.4 Å². The summed E-state index contributed by atoms with van der Waals surface area (Å²) in [6.07, 6.45) is 0.547. The van der Waals surface area contributed by atoms with Gasteiger partial charge in [-0.2, -0.15) is 4.31 Å². The first kappa shape index (κ1) is 18.1. The predicted molar refractivity (Wildman–Crippen MR) is 105 cm³/mol. The van der Waals surface area contributed by atoms with Crippen LogP contribution in [0.5, 0.6) is 11.5 Å². The Kier molecular flexibility index (Phi) is 5.22. The third-order valence-corrected chi connectivity index (χ3v) is 6.89. The molecule has 4 rings (SSSR count). The molecule has 6 nitrogen and oxygen atoms in total. The van der Waals surface area contributed by atoms with Crippen molar-refractivity contribution in [3.63, 3.8) is 0 Å². The lowest BCUT2D eigenvalue weighted by atomic mass is 10.2. The number of aryl methyl sites for hydroxylation is 1. The molecule has 2 aromatic rings. The van der Waals surface area contributed by atoms with Crippen LogP contribution >= 0.6 is 0 Å². The molecule has 0 aliphatic carbocycles. The second kappa shape index (κ2) is 7.78. The maximum atomic E-state index is 12.7. The average molecular weight is 388 g/mol. The molecule has 2 aromatic carbocycles. The van der Waals surface area contributed by atoms with Gasteiger partial charge in [0.15, 0.2) is 11.5 Å². The lowest BCUT2D eigenvalue weighted by molar-refractivity contribution is 0.171. The van der Waals surface area contributed by atoms with E-state index in [2.05, 4.69) is 4.90 Å². The van der Waals surface area contributed by atoms with E-state index in [9.17, 15) is 8.42 Å². The highest BCUT2D eigenvalue weighted by molar-refractivity contribution is 7.89. The summed E-state index contributed by atoms with van der Waals surface area (Å²) in [5.41, 5.74) is 2.09. The highest BCUT2D eigenvalue weighted by Crippen LogP contribution is 2.34. The lowest BCUT2D eigenvalue weighted by Gasteiger charge is -2.35. The fourth-order valence-corrected chi connectivity index (χ4v) is 4.95. The standard InChI is InChI=1S/C20H24N2O4S/c23-27(24,15-8-17-4-2-1-3-5-17)22-11-9-21(10-12-22)18-6-7-19-20(16-18)26-14-13-25-19/h1-7,16H,8-15H2. The zero-order valence-corrected chi connectivity index (χ0v) is 16.0. The monoisotopic (exact) mass is 388 g/mol. The van der Waals surface area contributed by atoms with Crippen molar-refractivity contribution in [1.29, 1.82) is 0 Å². The zero-order chi connectivity index (χ0) is 18.7. The fraction of sp³-hybridized carbons (Fsp3) is 0.400. The molecular weight excluding hydrogens is 364 g/mol. The van der Waals surface area contributed by atoms with Gasteiger partial charge in [-0.15, -0.1) is 0 Å². The number of piperazine rings is 1. The Hall–Kier alpha value is -2.25. The first-order valence-electron chi connectivity index (χ1n) is 9.28. The minimum absolute atomic E-state index is 0.154. The number of benzene rings is 2. The van der Waals surface area contributed by atoms with Crippen molar-refractivity contribution in [1.82, 2.24) is 4.31 Å². The number of anilines is 1. The van der Waals surface area contributed by atoms with E-state index in [0.717, 1.165) is 22.7 Å². The van der Waals surface area contributed by atoms with Gasteiger partial charge in [-0.25, -0.2) is 8.42 Å². The predicted octanol–water partition coefficient (Wildman–Crippen LogP) is 2.15. The summed E-state index contributed by atoms with van der Waals surface area (Å²) >= 11 is 0. The molecule has 0 atom stereocenters. The Bertz CT molecular complexity index is 878. The Morgan fingerprint density at radius 2 is 1.56 bits per heavy atom. The van der Waals surface area contributed by atoms with Gasteiger partial charge >= 0.3 is 0 Å². The fourth-order valence-electron chi connectivity index (χ4n) is 3.47. The van der Waals surface area contributed by atoms with Crippen molar-refractivity contribution in [2.75, 3.05) is 50.0 Å². The molecule has 1 saturated heterocycles. The molecule has 1 fully saturated rings. The van der Waals surface area contributed by atoms with Crippen LogP contribution in [-0.4, -0.2) is 57.9 Å². The van der Waals surface area contributed by atoms with Gasteiger partial charge in [0.2, 0.25) is 10.0 Å². The van der Waals surface area contributed by atoms with E-state index >= 15 is 0 Å². The van der Waals surface area contributed by atoms with Crippen molar-refractivity contribution in [3.8, 4) is 11.5 Å². The van der Waals surface area contributed by atoms with E-state index in [-0.39, 0.29) is 5.75 Å². The molecule has 0 spiro atoms. The Balaban J connectivity index is 1.35. The van der Waals surface area contributed by atoms with E-state index in [1.165, 1.54) is 0 Å². The van der Waals surface area contributed by atoms with Gasteiger partial charge < -0.3 is 14.4 Å². The molecule has 7 heteroatoms. The van der Waals surface area contributed by atoms with Gasteiger partial charge in [0.1, 0.15) is 13.2 Å². The Morgan fingerprint density at radius 1 is 0.852 bits per heavy atom. The molecule has 0 aromatic heterocycles. The van der Waals surface area contributed by atoms with Crippen molar-refractivity contribution in [3.05, 3.63) is 54.1 Å². The molecule has 0 amide bonds. The number of fused-ring (bicyclic) bond motifs is 1. The van der Waals surface area contributed by atoms with E-state index in [0.29, 0.717) is 45.8 Å². The van der Waals surface area contributed by atoms with Crippen LogP contribution < -0.4 is 14.4 Å². The minimum Gasteiger partial charge on any atom is -0.486 e. The number of ether oxygens (including phenoxy) is 2. The van der Waals surface area contributed by atoms with Crippen LogP contribution in [0.4, 0.5) is 5.69 Å². The largest absolute Gasteiger partial charge is 0.486 e. The smallest absolute Gasteiger partial charge is 0.214 e. The molecule has 0 unspecified atom stereocenters. The summed E-state index contributed by atoms with van der Waals surface area (Å²) in [6.45, 7) is 3.49. The summed E-state index contributed by atoms with van der Waals surface area (Å²) in [5.74, 6) is 1.69. The van der Waals surface area contributed by atoms with E-state index < -0.39 is 10.0 Å². The molecule has 2 aliphatic rings. The number of sulfonamides is 1. The van der Waals surface area contributed by atoms with Crippen molar-refractivity contribution < 1.29 is 17.9 Å². The third-order valence-electron chi connectivity index (χ3n) is 5.01. The first-order chi connectivity index (χ1) is 13.1. The number of hydrogen-bond donors (Lipinski definition) is 0. The molecule has 2 heterocycles. The average Bonchev–Trinajstić information content (AvgIpc) is 2.73. The van der Waals surface area contributed by atoms with E-state index in [1.807, 2.05) is 48.5 Å². The van der Waals surface area contributed by atoms with E-state index in [4.69, 9.17) is 9.47 Å². The van der Waals surface area contributed by atoms with Crippen LogP contribution in [0.3, 0.4) is 0 Å². The second-order valence-corrected chi connectivity index (χ2v) is 8.85. The van der Waals surface area contributed by atoms with Crippen LogP contribution in [0.15, 0.2) is 48.5 Å². The molecule has 0 radical (unpaired) electrons. The molecule has 144 valence electrons. The maximum absolute atomic E-state index is 12.7. The lowest BCUT2D eigenvalue weighted by Crippen LogP contribution is -2.49. The van der Waals surface area contributed by atoms with Crippen LogP contribution in [0.2, 0.25) is 0 Å². The summed E-state index contributed by atoms with van der Waals surface area (Å²) in [6, 6.07) is 15.7. The Morgan fingerprint density at radius 3 is 2.30 bits per heavy atom. The summed E-state index contributed by atoms with van der Waals surface area (Å²) < 4.78 is 38.2. The van der Waals surface area contributed by atoms with Gasteiger partial charge in [0, 0.05) is 37.9 Å². The molecule has 2 aliphatic heterocycles. The molecule has 0 bridgehead atoms. The third kappa shape index (κ3) is 4.20. The SMILES string of the molecule is O=S(=O)(CCc1ccccc1)N1CCN(c2ccc3c(c2)OCCO3)CC1. The quantitative estimate of drug-likeness (QED) is 0.786. The molecule has 0 N–H and O–H groups in total. The van der Waals surface area contributed by atoms with E-state index in [1.54, 1.807) is 4.31 Å². The summed E-state index contributed by atoms with van der Waals surface area (Å²) in [7, 11) is -3.24. The van der Waals surface area contributed by atoms with Gasteiger partial charge in [-0.05, 0) is 24.1 Å². The number of rotatable bonds is 5. The van der Waals surface area contributed by atoms with Gasteiger partial charge in [-0.3, -0.25) is 0 Å². The highest BCUT2D eigenvalue weighted by atomic mass is 32.2. The summed E-state index contributed by atoms with van der Waals surface area (Å²) in [4.78, 5) is 2.20. The second-order valence-electron chi connectivity index (χ2n) is 6.77. The topological polar surface area (TPSA) is 59.1 Å². The highest BCUT2D eigenvalue weighted by Gasteiger charge is 2.27. The van der Waals surface area contributed by atoms with Gasteiger partial charge in [-0.1, -0.05) is 30.3 Å². The van der Waals surface area contributed by atoms with Crippen LogP contribution in [0.25, 0.3) is 0 Å². The van der Waals surface area contributed by atoms with Gasteiger partial charge in [0.05, 0.1) is 5.75 Å². The maximum Gasteiger partial charge on any atom is 0.214 e. The van der Waals surface area contributed by atoms with Crippen LogP contribution in [0.1, 0.15) is 5.56 Å². The normalized spacial score (nSPS) is 17.7. The van der Waals surface area contributed by atoms with Crippen molar-refractivity contribution >= 4 is 15.7 Å². The number of hydrogen-bond acceptors (Lipinski definition) is 5. The Labute approximate surface area is 160 Å². The number of nitrogens with zero attached hydrogens (tertiary/aromatic N) is 2. The molecule has 0 saturated carbocycles.